The van der Waals surface area contributed by atoms with Crippen molar-refractivity contribution in [3.05, 3.63) is 0 Å². The van der Waals surface area contributed by atoms with E-state index in [4.69, 9.17) is 18.9 Å². The van der Waals surface area contributed by atoms with Crippen molar-refractivity contribution in [1.29, 1.82) is 0 Å². The van der Waals surface area contributed by atoms with Gasteiger partial charge in [0.05, 0.1) is 33.0 Å². The monoisotopic (exact) mass is 277 g/mol. The third-order valence-electron chi connectivity index (χ3n) is 1.88. The maximum Gasteiger partial charge on any atom is 0.332 e. The number of carbonyl (C=O) groups is 1. The molecule has 0 saturated heterocycles. The second kappa shape index (κ2) is 11.2. The number of hydrogen-bond acceptors (Lipinski definition) is 6. The van der Waals surface area contributed by atoms with Gasteiger partial charge in [-0.05, 0) is 27.8 Å². The van der Waals surface area contributed by atoms with E-state index < -0.39 is 5.60 Å². The Morgan fingerprint density at radius 2 is 1.47 bits per heavy atom. The van der Waals surface area contributed by atoms with Gasteiger partial charge >= 0.3 is 5.97 Å². The average Bonchev–Trinajstić information content (AvgIpc) is 2.29. The van der Waals surface area contributed by atoms with E-state index in [0.717, 1.165) is 6.54 Å². The van der Waals surface area contributed by atoms with Crippen molar-refractivity contribution >= 4 is 5.97 Å². The fraction of sp³-hybridized carbons (Fsp3) is 0.923. The van der Waals surface area contributed by atoms with E-state index >= 15 is 0 Å². The molecule has 0 unspecified atom stereocenters. The minimum Gasteiger partial charge on any atom is -0.458 e. The van der Waals surface area contributed by atoms with Crippen LogP contribution in [0, 0.1) is 0 Å². The Morgan fingerprint density at radius 3 is 2.00 bits per heavy atom. The summed E-state index contributed by atoms with van der Waals surface area (Å²) in [4.78, 5) is 11.3. The van der Waals surface area contributed by atoms with Gasteiger partial charge in [-0.3, -0.25) is 0 Å². The fourth-order valence-corrected chi connectivity index (χ4v) is 1.14. The van der Waals surface area contributed by atoms with Crippen LogP contribution < -0.4 is 5.32 Å². The van der Waals surface area contributed by atoms with E-state index in [1.54, 1.807) is 0 Å². The molecule has 1 N–H and O–H groups in total. The number of nitrogens with one attached hydrogen (secondary N) is 1. The standard InChI is InChI=1S/C13H27NO5/c1-13(2,3)19-12(15)11-18-10-9-17-8-7-16-6-5-14-4/h14H,5-11H2,1-4H3. The molecule has 6 nitrogen and oxygen atoms in total. The van der Waals surface area contributed by atoms with Crippen LogP contribution in [-0.4, -0.2) is 64.8 Å². The van der Waals surface area contributed by atoms with Crippen LogP contribution in [-0.2, 0) is 23.7 Å². The number of carbonyl (C=O) groups excluding carboxylic acids is 1. The normalized spacial score (nSPS) is 11.6. The molecule has 114 valence electrons. The lowest BCUT2D eigenvalue weighted by Gasteiger charge is -2.19. The first kappa shape index (κ1) is 18.3. The minimum absolute atomic E-state index is 0.0424. The Labute approximate surface area is 115 Å². The minimum atomic E-state index is -0.471. The summed E-state index contributed by atoms with van der Waals surface area (Å²) in [5.74, 6) is -0.358. The van der Waals surface area contributed by atoms with Crippen LogP contribution in [0.2, 0.25) is 0 Å². The van der Waals surface area contributed by atoms with E-state index in [-0.39, 0.29) is 12.6 Å². The van der Waals surface area contributed by atoms with Crippen molar-refractivity contribution in [2.75, 3.05) is 53.2 Å². The number of ether oxygens (including phenoxy) is 4. The number of rotatable bonds is 11. The molecule has 0 fully saturated rings. The molecule has 0 aliphatic rings. The van der Waals surface area contributed by atoms with Gasteiger partial charge in [0.1, 0.15) is 12.2 Å². The molecule has 0 aromatic rings. The number of esters is 1. The second-order valence-corrected chi connectivity index (χ2v) is 4.97. The Kier molecular flexibility index (Phi) is 10.8. The zero-order valence-electron chi connectivity index (χ0n) is 12.5. The topological polar surface area (TPSA) is 66.0 Å². The molecule has 0 saturated carbocycles. The molecule has 0 aliphatic carbocycles. The first-order valence-corrected chi connectivity index (χ1v) is 6.55. The van der Waals surface area contributed by atoms with E-state index in [0.29, 0.717) is 33.0 Å². The maximum atomic E-state index is 11.3. The Morgan fingerprint density at radius 1 is 0.947 bits per heavy atom. The molecule has 0 rings (SSSR count). The third-order valence-corrected chi connectivity index (χ3v) is 1.88. The molecular weight excluding hydrogens is 250 g/mol. The molecule has 0 aromatic carbocycles. The highest BCUT2D eigenvalue weighted by Gasteiger charge is 2.15. The van der Waals surface area contributed by atoms with Crippen LogP contribution in [0.4, 0.5) is 0 Å². The van der Waals surface area contributed by atoms with Crippen LogP contribution >= 0.6 is 0 Å². The fourth-order valence-electron chi connectivity index (χ4n) is 1.14. The van der Waals surface area contributed by atoms with Crippen LogP contribution in [0.15, 0.2) is 0 Å². The highest BCUT2D eigenvalue weighted by Crippen LogP contribution is 2.06. The van der Waals surface area contributed by atoms with Gasteiger partial charge in [-0.1, -0.05) is 0 Å². The molecule has 19 heavy (non-hydrogen) atoms. The van der Waals surface area contributed by atoms with Crippen molar-refractivity contribution in [3.8, 4) is 0 Å². The number of likely N-dealkylation sites (N-methyl/N-ethyl adjacent to an activating group) is 1. The molecule has 6 heteroatoms. The van der Waals surface area contributed by atoms with Crippen molar-refractivity contribution in [2.45, 2.75) is 26.4 Å². The van der Waals surface area contributed by atoms with Gasteiger partial charge in [-0.2, -0.15) is 0 Å². The van der Waals surface area contributed by atoms with Gasteiger partial charge in [0.15, 0.2) is 0 Å². The molecule has 0 spiro atoms. The van der Waals surface area contributed by atoms with Gasteiger partial charge in [0.25, 0.3) is 0 Å². The second-order valence-electron chi connectivity index (χ2n) is 4.97. The van der Waals surface area contributed by atoms with E-state index in [1.807, 2.05) is 27.8 Å². The van der Waals surface area contributed by atoms with E-state index in [2.05, 4.69) is 5.32 Å². The van der Waals surface area contributed by atoms with Gasteiger partial charge < -0.3 is 24.3 Å². The summed E-state index contributed by atoms with van der Waals surface area (Å²) in [6.07, 6.45) is 0. The number of hydrogen-bond donors (Lipinski definition) is 1. The van der Waals surface area contributed by atoms with Gasteiger partial charge in [0.2, 0.25) is 0 Å². The van der Waals surface area contributed by atoms with E-state index in [9.17, 15) is 4.79 Å². The van der Waals surface area contributed by atoms with Crippen LogP contribution in [0.1, 0.15) is 20.8 Å². The lowest BCUT2D eigenvalue weighted by molar-refractivity contribution is -0.160. The van der Waals surface area contributed by atoms with Crippen molar-refractivity contribution in [2.24, 2.45) is 0 Å². The van der Waals surface area contributed by atoms with Crippen LogP contribution in [0.3, 0.4) is 0 Å². The largest absolute Gasteiger partial charge is 0.458 e. The lowest BCUT2D eigenvalue weighted by Crippen LogP contribution is -2.27. The van der Waals surface area contributed by atoms with Crippen molar-refractivity contribution < 1.29 is 23.7 Å². The predicted molar refractivity (Wildman–Crippen MR) is 72.2 cm³/mol. The highest BCUT2D eigenvalue weighted by molar-refractivity contribution is 5.71. The van der Waals surface area contributed by atoms with Crippen molar-refractivity contribution in [1.82, 2.24) is 5.32 Å². The summed E-state index contributed by atoms with van der Waals surface area (Å²) in [5.41, 5.74) is -0.471. The average molecular weight is 277 g/mol. The Balaban J connectivity index is 3.21. The molecule has 0 bridgehead atoms. The maximum absolute atomic E-state index is 11.3. The lowest BCUT2D eigenvalue weighted by atomic mass is 10.2. The summed E-state index contributed by atoms with van der Waals surface area (Å²) in [5, 5.41) is 2.98. The van der Waals surface area contributed by atoms with Gasteiger partial charge in [-0.15, -0.1) is 0 Å². The van der Waals surface area contributed by atoms with Crippen LogP contribution in [0.25, 0.3) is 0 Å². The first-order valence-electron chi connectivity index (χ1n) is 6.55. The molecular formula is C13H27NO5. The summed E-state index contributed by atoms with van der Waals surface area (Å²) < 4.78 is 20.8. The summed E-state index contributed by atoms with van der Waals surface area (Å²) >= 11 is 0. The molecule has 0 heterocycles. The van der Waals surface area contributed by atoms with Crippen molar-refractivity contribution in [3.63, 3.8) is 0 Å². The van der Waals surface area contributed by atoms with E-state index in [1.165, 1.54) is 0 Å². The third kappa shape index (κ3) is 15.3. The quantitative estimate of drug-likeness (QED) is 0.440. The zero-order chi connectivity index (χ0) is 14.6. The smallest absolute Gasteiger partial charge is 0.332 e. The first-order chi connectivity index (χ1) is 8.95. The summed E-state index contributed by atoms with van der Waals surface area (Å²) in [6, 6.07) is 0. The summed E-state index contributed by atoms with van der Waals surface area (Å²) in [7, 11) is 1.88. The molecule has 0 aromatic heterocycles. The Bertz CT molecular complexity index is 228. The van der Waals surface area contributed by atoms with Gasteiger partial charge in [0, 0.05) is 6.54 Å². The molecule has 0 atom stereocenters. The summed E-state index contributed by atoms with van der Waals surface area (Å²) in [6.45, 7) is 8.83. The zero-order valence-corrected chi connectivity index (χ0v) is 12.5. The SMILES string of the molecule is CNCCOCCOCCOCC(=O)OC(C)(C)C. The molecule has 0 amide bonds. The molecule has 0 radical (unpaired) electrons. The van der Waals surface area contributed by atoms with Gasteiger partial charge in [-0.25, -0.2) is 4.79 Å². The predicted octanol–water partition coefficient (Wildman–Crippen LogP) is 0.597. The van der Waals surface area contributed by atoms with Crippen LogP contribution in [0.5, 0.6) is 0 Å². The highest BCUT2D eigenvalue weighted by atomic mass is 16.6. The Hall–Kier alpha value is -0.690. The molecule has 0 aliphatic heterocycles.